The zero-order chi connectivity index (χ0) is 21.7. The smallest absolute Gasteiger partial charge is 0.261 e. The van der Waals surface area contributed by atoms with E-state index in [1.54, 1.807) is 42.5 Å². The molecule has 3 aromatic carbocycles. The SMILES string of the molecule is CCOc1ccc(C(=O)Nc2ccc(S(=O)(=O)Nc3ccc(C)c(Cl)c3)cc2)cc1. The number of carbonyl (C=O) groups is 1. The van der Waals surface area contributed by atoms with E-state index < -0.39 is 10.0 Å². The summed E-state index contributed by atoms with van der Waals surface area (Å²) in [6.45, 7) is 4.27. The largest absolute Gasteiger partial charge is 0.494 e. The number of aryl methyl sites for hydroxylation is 1. The van der Waals surface area contributed by atoms with Gasteiger partial charge < -0.3 is 10.1 Å². The Bertz CT molecular complexity index is 1140. The Morgan fingerprint density at radius 1 is 0.967 bits per heavy atom. The molecule has 0 fully saturated rings. The number of anilines is 2. The van der Waals surface area contributed by atoms with Crippen LogP contribution in [0.2, 0.25) is 5.02 Å². The summed E-state index contributed by atoms with van der Waals surface area (Å²) in [6, 6.07) is 17.6. The maximum absolute atomic E-state index is 12.6. The number of halogens is 1. The van der Waals surface area contributed by atoms with Crippen molar-refractivity contribution in [2.75, 3.05) is 16.6 Å². The quantitative estimate of drug-likeness (QED) is 0.531. The van der Waals surface area contributed by atoms with Crippen LogP contribution in [0.5, 0.6) is 5.75 Å². The van der Waals surface area contributed by atoms with Crippen LogP contribution in [-0.2, 0) is 10.0 Å². The highest BCUT2D eigenvalue weighted by Gasteiger charge is 2.15. The van der Waals surface area contributed by atoms with Gasteiger partial charge >= 0.3 is 0 Å². The molecule has 8 heteroatoms. The van der Waals surface area contributed by atoms with Crippen molar-refractivity contribution in [3.63, 3.8) is 0 Å². The lowest BCUT2D eigenvalue weighted by Crippen LogP contribution is -2.14. The van der Waals surface area contributed by atoms with Gasteiger partial charge in [0.15, 0.2) is 0 Å². The van der Waals surface area contributed by atoms with Crippen LogP contribution in [0, 0.1) is 6.92 Å². The zero-order valence-electron chi connectivity index (χ0n) is 16.5. The van der Waals surface area contributed by atoms with Crippen LogP contribution in [0.4, 0.5) is 11.4 Å². The Kier molecular flexibility index (Phi) is 6.64. The predicted molar refractivity (Wildman–Crippen MR) is 119 cm³/mol. The molecule has 0 aromatic heterocycles. The molecule has 1 amide bonds. The molecule has 0 aliphatic rings. The second kappa shape index (κ2) is 9.19. The first-order chi connectivity index (χ1) is 14.3. The van der Waals surface area contributed by atoms with Crippen LogP contribution >= 0.6 is 11.6 Å². The Labute approximate surface area is 180 Å². The molecule has 0 aliphatic carbocycles. The number of hydrogen-bond donors (Lipinski definition) is 2. The van der Waals surface area contributed by atoms with E-state index in [1.165, 1.54) is 24.3 Å². The molecule has 0 atom stereocenters. The fourth-order valence-electron chi connectivity index (χ4n) is 2.66. The van der Waals surface area contributed by atoms with E-state index in [0.717, 1.165) is 5.56 Å². The standard InChI is InChI=1S/C22H21ClN2O4S/c1-3-29-19-10-5-16(6-11-19)22(26)24-17-8-12-20(13-9-17)30(27,28)25-18-7-4-15(2)21(23)14-18/h4-14,25H,3H2,1-2H3,(H,24,26). The molecular formula is C22H21ClN2O4S. The second-order valence-corrected chi connectivity index (χ2v) is 8.59. The second-order valence-electron chi connectivity index (χ2n) is 6.51. The fourth-order valence-corrected chi connectivity index (χ4v) is 3.89. The molecule has 0 radical (unpaired) electrons. The first-order valence-corrected chi connectivity index (χ1v) is 11.1. The van der Waals surface area contributed by atoms with Crippen molar-refractivity contribution >= 4 is 38.9 Å². The highest BCUT2D eigenvalue weighted by atomic mass is 35.5. The summed E-state index contributed by atoms with van der Waals surface area (Å²) in [6.07, 6.45) is 0. The molecule has 156 valence electrons. The van der Waals surface area contributed by atoms with Crippen molar-refractivity contribution in [3.8, 4) is 5.75 Å². The molecule has 0 heterocycles. The predicted octanol–water partition coefficient (Wildman–Crippen LogP) is 5.10. The Balaban J connectivity index is 1.68. The van der Waals surface area contributed by atoms with Gasteiger partial charge in [0.1, 0.15) is 5.75 Å². The van der Waals surface area contributed by atoms with Crippen LogP contribution in [0.25, 0.3) is 0 Å². The number of hydrogen-bond acceptors (Lipinski definition) is 4. The molecule has 0 spiro atoms. The minimum absolute atomic E-state index is 0.0678. The first kappa shape index (κ1) is 21.7. The lowest BCUT2D eigenvalue weighted by molar-refractivity contribution is 0.102. The van der Waals surface area contributed by atoms with E-state index in [1.807, 2.05) is 13.8 Å². The van der Waals surface area contributed by atoms with Gasteiger partial charge in [-0.2, -0.15) is 0 Å². The minimum atomic E-state index is -3.79. The van der Waals surface area contributed by atoms with E-state index in [2.05, 4.69) is 10.0 Å². The summed E-state index contributed by atoms with van der Waals surface area (Å²) in [5, 5.41) is 3.21. The van der Waals surface area contributed by atoms with Crippen LogP contribution < -0.4 is 14.8 Å². The molecule has 0 aliphatic heterocycles. The molecule has 0 saturated heterocycles. The molecule has 30 heavy (non-hydrogen) atoms. The average molecular weight is 445 g/mol. The van der Waals surface area contributed by atoms with Crippen molar-refractivity contribution in [1.29, 1.82) is 0 Å². The number of ether oxygens (including phenoxy) is 1. The molecule has 0 bridgehead atoms. The fraction of sp³-hybridized carbons (Fsp3) is 0.136. The lowest BCUT2D eigenvalue weighted by atomic mass is 10.2. The summed E-state index contributed by atoms with van der Waals surface area (Å²) >= 11 is 6.05. The number of carbonyl (C=O) groups excluding carboxylic acids is 1. The van der Waals surface area contributed by atoms with Gasteiger partial charge in [0.25, 0.3) is 15.9 Å². The summed E-state index contributed by atoms with van der Waals surface area (Å²) in [4.78, 5) is 12.4. The molecule has 3 aromatic rings. The minimum Gasteiger partial charge on any atom is -0.494 e. The Morgan fingerprint density at radius 2 is 1.60 bits per heavy atom. The van der Waals surface area contributed by atoms with Crippen molar-refractivity contribution in [2.24, 2.45) is 0 Å². The van der Waals surface area contributed by atoms with Crippen LogP contribution in [-0.4, -0.2) is 20.9 Å². The molecule has 2 N–H and O–H groups in total. The Morgan fingerprint density at radius 3 is 2.20 bits per heavy atom. The molecule has 0 unspecified atom stereocenters. The number of benzene rings is 3. The maximum atomic E-state index is 12.6. The normalized spacial score (nSPS) is 11.0. The van der Waals surface area contributed by atoms with Crippen LogP contribution in [0.1, 0.15) is 22.8 Å². The monoisotopic (exact) mass is 444 g/mol. The van der Waals surface area contributed by atoms with Gasteiger partial charge in [0.2, 0.25) is 0 Å². The number of nitrogens with one attached hydrogen (secondary N) is 2. The van der Waals surface area contributed by atoms with Crippen molar-refractivity contribution in [3.05, 3.63) is 82.9 Å². The van der Waals surface area contributed by atoms with Gasteiger partial charge in [-0.15, -0.1) is 0 Å². The zero-order valence-corrected chi connectivity index (χ0v) is 18.0. The summed E-state index contributed by atoms with van der Waals surface area (Å²) in [5.74, 6) is 0.382. The molecular weight excluding hydrogens is 424 g/mol. The third kappa shape index (κ3) is 5.31. The first-order valence-electron chi connectivity index (χ1n) is 9.22. The number of amides is 1. The van der Waals surface area contributed by atoms with E-state index >= 15 is 0 Å². The van der Waals surface area contributed by atoms with E-state index in [4.69, 9.17) is 16.3 Å². The van der Waals surface area contributed by atoms with Crippen molar-refractivity contribution in [2.45, 2.75) is 18.7 Å². The molecule has 0 saturated carbocycles. The third-order valence-electron chi connectivity index (χ3n) is 4.27. The topological polar surface area (TPSA) is 84.5 Å². The third-order valence-corrected chi connectivity index (χ3v) is 6.08. The number of sulfonamides is 1. The maximum Gasteiger partial charge on any atom is 0.261 e. The average Bonchev–Trinajstić information content (AvgIpc) is 2.72. The highest BCUT2D eigenvalue weighted by molar-refractivity contribution is 7.92. The van der Waals surface area contributed by atoms with Crippen molar-refractivity contribution < 1.29 is 17.9 Å². The lowest BCUT2D eigenvalue weighted by Gasteiger charge is -2.11. The molecule has 3 rings (SSSR count). The summed E-state index contributed by atoms with van der Waals surface area (Å²) in [5.41, 5.74) is 2.17. The number of rotatable bonds is 7. The van der Waals surface area contributed by atoms with Gasteiger partial charge in [0.05, 0.1) is 17.2 Å². The van der Waals surface area contributed by atoms with Gasteiger partial charge in [-0.3, -0.25) is 9.52 Å². The Hall–Kier alpha value is -3.03. The summed E-state index contributed by atoms with van der Waals surface area (Å²) < 4.78 is 33.0. The van der Waals surface area contributed by atoms with E-state index in [0.29, 0.717) is 34.3 Å². The van der Waals surface area contributed by atoms with E-state index in [9.17, 15) is 13.2 Å². The van der Waals surface area contributed by atoms with Crippen molar-refractivity contribution in [1.82, 2.24) is 0 Å². The van der Waals surface area contributed by atoms with Gasteiger partial charge in [-0.05, 0) is 80.1 Å². The summed E-state index contributed by atoms with van der Waals surface area (Å²) in [7, 11) is -3.79. The molecule has 6 nitrogen and oxygen atoms in total. The van der Waals surface area contributed by atoms with Crippen LogP contribution in [0.15, 0.2) is 71.6 Å². The van der Waals surface area contributed by atoms with Crippen LogP contribution in [0.3, 0.4) is 0 Å². The van der Waals surface area contributed by atoms with E-state index in [-0.39, 0.29) is 10.8 Å². The van der Waals surface area contributed by atoms with Gasteiger partial charge in [-0.1, -0.05) is 17.7 Å². The van der Waals surface area contributed by atoms with Gasteiger partial charge in [0, 0.05) is 16.3 Å². The highest BCUT2D eigenvalue weighted by Crippen LogP contribution is 2.23. The van der Waals surface area contributed by atoms with Gasteiger partial charge in [-0.25, -0.2) is 8.42 Å².